The Hall–Kier alpha value is -4.59. The molecule has 4 N–H and O–H groups in total. The van der Waals surface area contributed by atoms with E-state index in [1.165, 1.54) is 12.1 Å². The van der Waals surface area contributed by atoms with Crippen LogP contribution in [0.3, 0.4) is 0 Å². The normalized spacial score (nSPS) is 10.3. The van der Waals surface area contributed by atoms with Crippen LogP contribution in [0.25, 0.3) is 0 Å². The smallest absolute Gasteiger partial charge is 0.336 e. The number of nitrogens with one attached hydrogen (secondary N) is 1. The summed E-state index contributed by atoms with van der Waals surface area (Å²) >= 11 is 5.19. The Balaban J connectivity index is 0.000000261. The van der Waals surface area contributed by atoms with Crippen LogP contribution in [0.15, 0.2) is 100 Å². The van der Waals surface area contributed by atoms with Crippen LogP contribution >= 0.6 is 38.5 Å². The van der Waals surface area contributed by atoms with Gasteiger partial charge in [0.05, 0.1) is 24.0 Å². The van der Waals surface area contributed by atoms with Crippen molar-refractivity contribution in [2.24, 2.45) is 0 Å². The monoisotopic (exact) mass is 858 g/mol. The van der Waals surface area contributed by atoms with Gasteiger partial charge < -0.3 is 24.8 Å². The fraction of sp³-hybridized carbons (Fsp3) is 0.129. The van der Waals surface area contributed by atoms with E-state index >= 15 is 0 Å². The quantitative estimate of drug-likeness (QED) is 0.0776. The summed E-state index contributed by atoms with van der Waals surface area (Å²) in [5, 5.41) is 36.4. The second-order valence-electron chi connectivity index (χ2n) is 9.20. The topological polar surface area (TPSA) is 220 Å². The highest BCUT2D eigenvalue weighted by Crippen LogP contribution is 2.29. The van der Waals surface area contributed by atoms with Gasteiger partial charge in [-0.3, -0.25) is 19.7 Å². The first kappa shape index (κ1) is 39.6. The Kier molecular flexibility index (Phi) is 15.9. The van der Waals surface area contributed by atoms with Crippen molar-refractivity contribution in [3.8, 4) is 11.5 Å². The van der Waals surface area contributed by atoms with E-state index in [4.69, 9.17) is 24.8 Å². The lowest BCUT2D eigenvalue weighted by Gasteiger charge is -2.12. The van der Waals surface area contributed by atoms with Gasteiger partial charge in [0.2, 0.25) is 10.0 Å². The molecule has 0 saturated carbocycles. The Morgan fingerprint density at radius 2 is 1.52 bits per heavy atom. The van der Waals surface area contributed by atoms with Crippen molar-refractivity contribution in [3.05, 3.63) is 126 Å². The number of hydrogen-bond donors (Lipinski definition) is 4. The van der Waals surface area contributed by atoms with Gasteiger partial charge in [0.15, 0.2) is 16.4 Å². The van der Waals surface area contributed by atoms with Gasteiger partial charge in [-0.2, -0.15) is 4.72 Å². The lowest BCUT2D eigenvalue weighted by molar-refractivity contribution is -0.387. The molecule has 4 rings (SSSR count). The molecule has 0 saturated heterocycles. The van der Waals surface area contributed by atoms with Crippen LogP contribution in [0.5, 0.6) is 11.5 Å². The summed E-state index contributed by atoms with van der Waals surface area (Å²) in [5.41, 5.74) is 1.45. The van der Waals surface area contributed by atoms with E-state index < -0.39 is 50.0 Å². The van der Waals surface area contributed by atoms with Crippen molar-refractivity contribution >= 4 is 72.1 Å². The average Bonchev–Trinajstić information content (AvgIpc) is 3.05. The number of methoxy groups -OCH3 is 1. The van der Waals surface area contributed by atoms with Crippen molar-refractivity contribution < 1.29 is 52.5 Å². The van der Waals surface area contributed by atoms with Gasteiger partial charge in [0, 0.05) is 14.1 Å². The summed E-state index contributed by atoms with van der Waals surface area (Å²) < 4.78 is 37.4. The van der Waals surface area contributed by atoms with Gasteiger partial charge in [-0.15, -0.1) is 0 Å². The van der Waals surface area contributed by atoms with Crippen LogP contribution in [-0.4, -0.2) is 60.2 Å². The number of benzene rings is 4. The zero-order valence-corrected chi connectivity index (χ0v) is 29.5. The number of ether oxygens (including phenoxy) is 2. The molecule has 254 valence electrons. The van der Waals surface area contributed by atoms with Crippen LogP contribution in [-0.2, 0) is 32.6 Å². The number of carboxylic acid groups (broad SMARTS) is 3. The molecule has 0 heterocycles. The highest BCUT2D eigenvalue weighted by atomic mass is 127. The van der Waals surface area contributed by atoms with Gasteiger partial charge in [-0.25, -0.2) is 13.2 Å². The third-order valence-electron chi connectivity index (χ3n) is 5.74. The number of carboxylic acids is 3. The Morgan fingerprint density at radius 1 is 0.875 bits per heavy atom. The maximum Gasteiger partial charge on any atom is 0.336 e. The van der Waals surface area contributed by atoms with Crippen LogP contribution in [0, 0.1) is 13.7 Å². The molecule has 0 aromatic heterocycles. The van der Waals surface area contributed by atoms with Crippen LogP contribution < -0.4 is 14.2 Å². The summed E-state index contributed by atoms with van der Waals surface area (Å²) in [6, 6.07) is 24.7. The van der Waals surface area contributed by atoms with Crippen molar-refractivity contribution in [1.29, 1.82) is 0 Å². The first-order chi connectivity index (χ1) is 22.6. The third kappa shape index (κ3) is 13.3. The highest BCUT2D eigenvalue weighted by molar-refractivity contribution is 14.1. The van der Waals surface area contributed by atoms with Gasteiger partial charge in [0.1, 0.15) is 13.2 Å². The number of hydrogen-bond acceptors (Lipinski definition) is 9. The number of para-hydroxylation sites is 1. The van der Waals surface area contributed by atoms with Crippen LogP contribution in [0.1, 0.15) is 21.5 Å². The largest absolute Gasteiger partial charge is 0.493 e. The number of aromatic carboxylic acids is 1. The molecule has 0 fully saturated rings. The Bertz CT molecular complexity index is 1860. The SMILES string of the molecule is COc1ccc(CC(=O)O)cc1OCc1ccccc1.O=C(O)CNS(=O)(=O)c1ccccc1[N+](=O)[O-].O=C(O)c1cc(Br)ccc1I. The number of halogens is 2. The Labute approximate surface area is 296 Å². The second-order valence-corrected chi connectivity index (χ2v) is 13.0. The molecule has 4 aromatic carbocycles. The molecule has 14 nitrogen and oxygen atoms in total. The molecule has 0 unspecified atom stereocenters. The fourth-order valence-corrected chi connectivity index (χ4v) is 5.66. The Morgan fingerprint density at radius 3 is 2.08 bits per heavy atom. The molecule has 0 aliphatic rings. The molecule has 17 heteroatoms. The van der Waals surface area contributed by atoms with Crippen LogP contribution in [0.2, 0.25) is 0 Å². The lowest BCUT2D eigenvalue weighted by atomic mass is 10.1. The first-order valence-corrected chi connectivity index (χ1v) is 16.7. The molecule has 0 bridgehead atoms. The molecule has 0 aliphatic carbocycles. The third-order valence-corrected chi connectivity index (χ3v) is 8.63. The van der Waals surface area contributed by atoms with E-state index in [1.807, 2.05) is 59.0 Å². The predicted octanol–water partition coefficient (Wildman–Crippen LogP) is 5.61. The minimum atomic E-state index is -4.20. The summed E-state index contributed by atoms with van der Waals surface area (Å²) in [6.45, 7) is -0.428. The van der Waals surface area contributed by atoms with E-state index in [1.54, 1.807) is 42.2 Å². The molecule has 0 atom stereocenters. The number of aliphatic carboxylic acids is 2. The van der Waals surface area contributed by atoms with E-state index in [9.17, 15) is 32.9 Å². The van der Waals surface area contributed by atoms with Gasteiger partial charge in [-0.1, -0.05) is 64.5 Å². The molecule has 0 amide bonds. The molecular formula is C31H28BrIN2O12S. The summed E-state index contributed by atoms with van der Waals surface area (Å²) in [6.07, 6.45) is -0.0360. The van der Waals surface area contributed by atoms with Gasteiger partial charge >= 0.3 is 17.9 Å². The maximum atomic E-state index is 11.6. The highest BCUT2D eigenvalue weighted by Gasteiger charge is 2.25. The van der Waals surface area contributed by atoms with Gasteiger partial charge in [-0.05, 0) is 70.1 Å². The van der Waals surface area contributed by atoms with Crippen LogP contribution in [0.4, 0.5) is 5.69 Å². The summed E-state index contributed by atoms with van der Waals surface area (Å²) in [5.74, 6) is -2.00. The predicted molar refractivity (Wildman–Crippen MR) is 185 cm³/mol. The standard InChI is InChI=1S/C16H16O4.C8H8N2O6S.C7H4BrIO2/c1-19-14-8-7-13(10-16(17)18)9-15(14)20-11-12-5-3-2-4-6-12;11-8(12)5-9-17(15,16)7-4-2-1-3-6(7)10(13)14;8-4-1-2-6(9)5(3-4)7(10)11/h2-9H,10-11H2,1H3,(H,17,18);1-4,9H,5H2,(H,11,12);1-3H,(H,10,11). The summed E-state index contributed by atoms with van der Waals surface area (Å²) in [7, 11) is -2.65. The minimum Gasteiger partial charge on any atom is -0.493 e. The minimum absolute atomic E-state index is 0.0360. The average molecular weight is 859 g/mol. The first-order valence-electron chi connectivity index (χ1n) is 13.3. The molecular weight excluding hydrogens is 831 g/mol. The van der Waals surface area contributed by atoms with Crippen molar-refractivity contribution in [2.75, 3.05) is 13.7 Å². The van der Waals surface area contributed by atoms with Crippen molar-refractivity contribution in [3.63, 3.8) is 0 Å². The molecule has 0 aliphatic heterocycles. The fourth-order valence-electron chi connectivity index (χ4n) is 3.58. The molecule has 48 heavy (non-hydrogen) atoms. The molecule has 4 aromatic rings. The number of rotatable bonds is 12. The van der Waals surface area contributed by atoms with E-state index in [0.717, 1.165) is 25.7 Å². The van der Waals surface area contributed by atoms with E-state index in [2.05, 4.69) is 15.9 Å². The summed E-state index contributed by atoms with van der Waals surface area (Å²) in [4.78, 5) is 40.7. The van der Waals surface area contributed by atoms with Gasteiger partial charge in [0.25, 0.3) is 5.69 Å². The molecule has 0 radical (unpaired) electrons. The van der Waals surface area contributed by atoms with E-state index in [0.29, 0.717) is 29.2 Å². The number of nitro benzene ring substituents is 1. The second kappa shape index (κ2) is 19.3. The lowest BCUT2D eigenvalue weighted by Crippen LogP contribution is -2.29. The number of sulfonamides is 1. The van der Waals surface area contributed by atoms with E-state index in [-0.39, 0.29) is 6.42 Å². The number of nitrogens with zero attached hydrogens (tertiary/aromatic N) is 1. The van der Waals surface area contributed by atoms with Crippen molar-refractivity contribution in [1.82, 2.24) is 4.72 Å². The number of nitro groups is 1. The zero-order chi connectivity index (χ0) is 35.9. The number of carbonyl (C=O) groups is 3. The maximum absolute atomic E-state index is 11.6. The zero-order valence-electron chi connectivity index (χ0n) is 24.9. The molecule has 0 spiro atoms. The van der Waals surface area contributed by atoms with Crippen molar-refractivity contribution in [2.45, 2.75) is 17.9 Å².